The largest absolute Gasteiger partial charge is 0.478 e. The Morgan fingerprint density at radius 2 is 1.86 bits per heavy atom. The lowest BCUT2D eigenvalue weighted by Crippen LogP contribution is -2.41. The van der Waals surface area contributed by atoms with Crippen molar-refractivity contribution in [3.8, 4) is 0 Å². The number of carboxylic acids is 1. The summed E-state index contributed by atoms with van der Waals surface area (Å²) in [6.45, 7) is 0.00530. The molecule has 1 aliphatic carbocycles. The Morgan fingerprint density at radius 1 is 1.29 bits per heavy atom. The fourth-order valence-corrected chi connectivity index (χ4v) is 3.59. The molecule has 0 atom stereocenters. The number of benzene rings is 1. The third-order valence-electron chi connectivity index (χ3n) is 3.33. The van der Waals surface area contributed by atoms with Gasteiger partial charge in [0, 0.05) is 19.4 Å². The fourth-order valence-electron chi connectivity index (χ4n) is 2.23. The van der Waals surface area contributed by atoms with Gasteiger partial charge in [-0.1, -0.05) is 12.1 Å². The van der Waals surface area contributed by atoms with Crippen molar-refractivity contribution in [2.45, 2.75) is 25.3 Å². The third-order valence-corrected chi connectivity index (χ3v) is 4.82. The highest BCUT2D eigenvalue weighted by molar-refractivity contribution is 7.89. The van der Waals surface area contributed by atoms with Crippen molar-refractivity contribution in [1.82, 2.24) is 4.72 Å². The number of halogens is 2. The highest BCUT2D eigenvalue weighted by Crippen LogP contribution is 2.42. The first-order chi connectivity index (χ1) is 9.67. The predicted molar refractivity (Wildman–Crippen MR) is 71.7 cm³/mol. The van der Waals surface area contributed by atoms with Crippen LogP contribution in [0.3, 0.4) is 0 Å². The molecule has 5 nitrogen and oxygen atoms in total. The van der Waals surface area contributed by atoms with E-state index in [1.165, 1.54) is 24.3 Å². The van der Waals surface area contributed by atoms with Crippen molar-refractivity contribution in [2.24, 2.45) is 5.92 Å². The Bertz CT molecular complexity index is 620. The highest BCUT2D eigenvalue weighted by atomic mass is 32.2. The van der Waals surface area contributed by atoms with E-state index in [0.29, 0.717) is 5.56 Å². The van der Waals surface area contributed by atoms with Crippen LogP contribution in [0.4, 0.5) is 8.78 Å². The van der Waals surface area contributed by atoms with E-state index in [1.54, 1.807) is 0 Å². The van der Waals surface area contributed by atoms with Gasteiger partial charge in [-0.05, 0) is 23.6 Å². The van der Waals surface area contributed by atoms with E-state index >= 15 is 0 Å². The lowest BCUT2D eigenvalue weighted by molar-refractivity contribution is -0.103. The number of hydrogen-bond donors (Lipinski definition) is 2. The quantitative estimate of drug-likeness (QED) is 0.838. The Hall–Kier alpha value is -1.54. The molecule has 1 aromatic carbocycles. The lowest BCUT2D eigenvalue weighted by atomic mass is 9.83. The van der Waals surface area contributed by atoms with Gasteiger partial charge in [0.2, 0.25) is 15.9 Å². The molecule has 2 N–H and O–H groups in total. The van der Waals surface area contributed by atoms with Crippen LogP contribution in [0.25, 0.3) is 0 Å². The van der Waals surface area contributed by atoms with E-state index in [1.807, 2.05) is 0 Å². The van der Waals surface area contributed by atoms with Crippen LogP contribution in [0.1, 0.15) is 28.8 Å². The molecule has 0 aromatic heterocycles. The zero-order chi connectivity index (χ0) is 15.7. The van der Waals surface area contributed by atoms with Crippen LogP contribution in [0.5, 0.6) is 0 Å². The standard InChI is InChI=1S/C13H15F2NO4S/c14-13(15)5-10(6-13)8-21(19,20)16-7-9-1-3-11(4-2-9)12(17)18/h1-4,10,16H,5-8H2,(H,17,18). The van der Waals surface area contributed by atoms with Gasteiger partial charge in [-0.3, -0.25) is 0 Å². The molecule has 2 rings (SSSR count). The maximum Gasteiger partial charge on any atom is 0.335 e. The lowest BCUT2D eigenvalue weighted by Gasteiger charge is -2.34. The second-order valence-electron chi connectivity index (χ2n) is 5.23. The first kappa shape index (κ1) is 15.8. The zero-order valence-corrected chi connectivity index (χ0v) is 11.9. The molecule has 0 radical (unpaired) electrons. The average Bonchev–Trinajstić information content (AvgIpc) is 2.34. The van der Waals surface area contributed by atoms with Gasteiger partial charge < -0.3 is 5.11 Å². The van der Waals surface area contributed by atoms with Crippen LogP contribution >= 0.6 is 0 Å². The summed E-state index contributed by atoms with van der Waals surface area (Å²) in [7, 11) is -3.62. The number of sulfonamides is 1. The van der Waals surface area contributed by atoms with Crippen molar-refractivity contribution in [3.63, 3.8) is 0 Å². The van der Waals surface area contributed by atoms with Crippen LogP contribution in [-0.2, 0) is 16.6 Å². The zero-order valence-electron chi connectivity index (χ0n) is 11.1. The molecule has 1 fully saturated rings. The van der Waals surface area contributed by atoms with Crippen molar-refractivity contribution in [2.75, 3.05) is 5.75 Å². The molecule has 0 unspecified atom stereocenters. The van der Waals surface area contributed by atoms with Gasteiger partial charge in [0.1, 0.15) is 0 Å². The smallest absolute Gasteiger partial charge is 0.335 e. The van der Waals surface area contributed by atoms with Crippen LogP contribution in [0, 0.1) is 5.92 Å². The van der Waals surface area contributed by atoms with Gasteiger partial charge in [-0.2, -0.15) is 0 Å². The number of carbonyl (C=O) groups is 1. The van der Waals surface area contributed by atoms with Crippen molar-refractivity contribution in [1.29, 1.82) is 0 Å². The second kappa shape index (κ2) is 5.69. The Labute approximate surface area is 121 Å². The molecular formula is C13H15F2NO4S. The van der Waals surface area contributed by atoms with Crippen LogP contribution < -0.4 is 4.72 Å². The molecular weight excluding hydrogens is 304 g/mol. The Kier molecular flexibility index (Phi) is 4.29. The van der Waals surface area contributed by atoms with Gasteiger partial charge >= 0.3 is 5.97 Å². The van der Waals surface area contributed by atoms with Gasteiger partial charge in [-0.15, -0.1) is 0 Å². The number of nitrogens with one attached hydrogen (secondary N) is 1. The molecule has 0 amide bonds. The molecule has 116 valence electrons. The molecule has 1 aliphatic rings. The first-order valence-electron chi connectivity index (χ1n) is 6.34. The summed E-state index contributed by atoms with van der Waals surface area (Å²) in [6.07, 6.45) is -0.775. The van der Waals surface area contributed by atoms with E-state index in [4.69, 9.17) is 5.11 Å². The van der Waals surface area contributed by atoms with E-state index in [0.717, 1.165) is 0 Å². The maximum atomic E-state index is 12.7. The summed E-state index contributed by atoms with van der Waals surface area (Å²) in [5.74, 6) is -4.61. The minimum Gasteiger partial charge on any atom is -0.478 e. The summed E-state index contributed by atoms with van der Waals surface area (Å²) in [5.41, 5.74) is 0.709. The van der Waals surface area contributed by atoms with Gasteiger partial charge in [0.25, 0.3) is 0 Å². The van der Waals surface area contributed by atoms with Crippen molar-refractivity contribution < 1.29 is 27.1 Å². The monoisotopic (exact) mass is 319 g/mol. The third kappa shape index (κ3) is 4.47. The predicted octanol–water partition coefficient (Wildman–Crippen LogP) is 1.85. The number of rotatable bonds is 6. The van der Waals surface area contributed by atoms with E-state index in [-0.39, 0.29) is 30.7 Å². The van der Waals surface area contributed by atoms with Gasteiger partial charge in [0.05, 0.1) is 11.3 Å². The molecule has 8 heteroatoms. The summed E-state index contributed by atoms with van der Waals surface area (Å²) in [5, 5.41) is 8.74. The highest BCUT2D eigenvalue weighted by Gasteiger charge is 2.46. The molecule has 0 saturated heterocycles. The van der Waals surface area contributed by atoms with Gasteiger partial charge in [-0.25, -0.2) is 26.7 Å². The average molecular weight is 319 g/mol. The molecule has 21 heavy (non-hydrogen) atoms. The number of alkyl halides is 2. The molecule has 0 bridgehead atoms. The molecule has 1 saturated carbocycles. The van der Waals surface area contributed by atoms with E-state index < -0.39 is 27.8 Å². The Balaban J connectivity index is 1.85. The molecule has 0 aliphatic heterocycles. The minimum absolute atomic E-state index is 0.00530. The summed E-state index contributed by atoms with van der Waals surface area (Å²) >= 11 is 0. The normalized spacial score (nSPS) is 18.2. The number of aromatic carboxylic acids is 1. The molecule has 0 heterocycles. The molecule has 0 spiro atoms. The SMILES string of the molecule is O=C(O)c1ccc(CNS(=O)(=O)CC2CC(F)(F)C2)cc1. The van der Waals surface area contributed by atoms with E-state index in [2.05, 4.69) is 4.72 Å². The summed E-state index contributed by atoms with van der Waals surface area (Å²) in [4.78, 5) is 10.7. The van der Waals surface area contributed by atoms with E-state index in [9.17, 15) is 22.0 Å². The summed E-state index contributed by atoms with van der Waals surface area (Å²) in [6, 6.07) is 5.75. The van der Waals surface area contributed by atoms with Gasteiger partial charge in [0.15, 0.2) is 0 Å². The van der Waals surface area contributed by atoms with Crippen LogP contribution in [-0.4, -0.2) is 31.2 Å². The number of hydrogen-bond acceptors (Lipinski definition) is 3. The Morgan fingerprint density at radius 3 is 2.33 bits per heavy atom. The number of carboxylic acid groups (broad SMARTS) is 1. The first-order valence-corrected chi connectivity index (χ1v) is 7.99. The topological polar surface area (TPSA) is 83.5 Å². The minimum atomic E-state index is -3.62. The second-order valence-corrected chi connectivity index (χ2v) is 7.09. The molecule has 1 aromatic rings. The van der Waals surface area contributed by atoms with Crippen molar-refractivity contribution in [3.05, 3.63) is 35.4 Å². The maximum absolute atomic E-state index is 12.7. The van der Waals surface area contributed by atoms with Crippen molar-refractivity contribution >= 4 is 16.0 Å². The summed E-state index contributed by atoms with van der Waals surface area (Å²) < 4.78 is 51.1. The fraction of sp³-hybridized carbons (Fsp3) is 0.462. The van der Waals surface area contributed by atoms with Crippen LogP contribution in [0.15, 0.2) is 24.3 Å². The van der Waals surface area contributed by atoms with Crippen LogP contribution in [0.2, 0.25) is 0 Å².